The third-order valence-corrected chi connectivity index (χ3v) is 1.23. The van der Waals surface area contributed by atoms with E-state index in [1.54, 1.807) is 0 Å². The summed E-state index contributed by atoms with van der Waals surface area (Å²) in [7, 11) is -2.47. The molecule has 1 aromatic heterocycles. The molecule has 0 N–H and O–H groups in total. The molecule has 5 heteroatoms. The fourth-order valence-electron chi connectivity index (χ4n) is 0.516. The highest BCUT2D eigenvalue weighted by molar-refractivity contribution is 6.59. The second kappa shape index (κ2) is 2.97. The Morgan fingerprint density at radius 1 is 1.40 bits per heavy atom. The number of aromatic nitrogens is 1. The average Bonchev–Trinajstić information content (AvgIpc) is 1.88. The van der Waals surface area contributed by atoms with Gasteiger partial charge in [-0.3, -0.25) is 8.63 Å². The van der Waals surface area contributed by atoms with Crippen molar-refractivity contribution in [1.82, 2.24) is 4.98 Å². The molecule has 0 atom stereocenters. The van der Waals surface area contributed by atoms with E-state index in [9.17, 15) is 8.63 Å². The van der Waals surface area contributed by atoms with Gasteiger partial charge >= 0.3 is 7.27 Å². The van der Waals surface area contributed by atoms with E-state index in [1.807, 2.05) is 0 Å². The van der Waals surface area contributed by atoms with Gasteiger partial charge in [0, 0.05) is 11.7 Å². The van der Waals surface area contributed by atoms with Gasteiger partial charge in [-0.25, -0.2) is 4.98 Å². The summed E-state index contributed by atoms with van der Waals surface area (Å²) in [6.07, 6.45) is 1.06. The lowest BCUT2D eigenvalue weighted by Gasteiger charge is -1.92. The van der Waals surface area contributed by atoms with Gasteiger partial charge in [0.05, 0.1) is 0 Å². The van der Waals surface area contributed by atoms with E-state index in [-0.39, 0.29) is 10.6 Å². The standard InChI is InChI=1S/C5H3BClF2N/c7-5-2-1-4(3-10-5)6(8)9/h1-3H. The molecule has 0 saturated carbocycles. The number of hydrogen-bond donors (Lipinski definition) is 0. The van der Waals surface area contributed by atoms with Crippen LogP contribution in [-0.4, -0.2) is 12.3 Å². The van der Waals surface area contributed by atoms with Crippen molar-refractivity contribution in [3.63, 3.8) is 0 Å². The Labute approximate surface area is 62.2 Å². The molecule has 0 radical (unpaired) electrons. The lowest BCUT2D eigenvalue weighted by atomic mass is 9.88. The highest BCUT2D eigenvalue weighted by Gasteiger charge is 2.15. The van der Waals surface area contributed by atoms with Crippen LogP contribution < -0.4 is 5.46 Å². The molecule has 0 fully saturated rings. The molecule has 10 heavy (non-hydrogen) atoms. The summed E-state index contributed by atoms with van der Waals surface area (Å²) in [4.78, 5) is 3.49. The Bertz CT molecular complexity index is 213. The van der Waals surface area contributed by atoms with Crippen LogP contribution in [0.1, 0.15) is 0 Å². The predicted octanol–water partition coefficient (Wildman–Crippen LogP) is 1.37. The van der Waals surface area contributed by atoms with E-state index in [2.05, 4.69) is 4.98 Å². The molecule has 1 aromatic rings. The summed E-state index contributed by atoms with van der Waals surface area (Å²) < 4.78 is 23.6. The largest absolute Gasteiger partial charge is 0.573 e. The highest BCUT2D eigenvalue weighted by Crippen LogP contribution is 1.99. The van der Waals surface area contributed by atoms with Crippen LogP contribution in [-0.2, 0) is 0 Å². The molecule has 52 valence electrons. The van der Waals surface area contributed by atoms with Gasteiger partial charge in [0.25, 0.3) is 0 Å². The number of pyridine rings is 1. The molecule has 0 amide bonds. The number of hydrogen-bond acceptors (Lipinski definition) is 1. The lowest BCUT2D eigenvalue weighted by molar-refractivity contribution is 0.684. The van der Waals surface area contributed by atoms with E-state index in [0.29, 0.717) is 0 Å². The van der Waals surface area contributed by atoms with Crippen molar-refractivity contribution in [3.8, 4) is 0 Å². The van der Waals surface area contributed by atoms with Crippen LogP contribution in [0.25, 0.3) is 0 Å². The molecular formula is C5H3BClF2N. The van der Waals surface area contributed by atoms with Gasteiger partial charge in [-0.15, -0.1) is 0 Å². The van der Waals surface area contributed by atoms with Crippen LogP contribution in [0.3, 0.4) is 0 Å². The fraction of sp³-hybridized carbons (Fsp3) is 0. The minimum atomic E-state index is -2.47. The normalized spacial score (nSPS) is 9.50. The van der Waals surface area contributed by atoms with Crippen molar-refractivity contribution in [2.75, 3.05) is 0 Å². The SMILES string of the molecule is FB(F)c1ccc(Cl)nc1. The van der Waals surface area contributed by atoms with E-state index >= 15 is 0 Å². The van der Waals surface area contributed by atoms with Gasteiger partial charge in [0.1, 0.15) is 5.15 Å². The number of halogens is 3. The second-order valence-corrected chi connectivity index (χ2v) is 2.10. The minimum Gasteiger partial charge on any atom is -0.281 e. The maximum absolute atomic E-state index is 11.8. The monoisotopic (exact) mass is 161 g/mol. The Kier molecular flexibility index (Phi) is 2.22. The minimum absolute atomic E-state index is 0.107. The van der Waals surface area contributed by atoms with Crippen LogP contribution in [0, 0.1) is 0 Å². The molecule has 1 rings (SSSR count). The fourth-order valence-corrected chi connectivity index (χ4v) is 0.628. The summed E-state index contributed by atoms with van der Waals surface area (Å²) >= 11 is 5.36. The Morgan fingerprint density at radius 2 is 2.10 bits per heavy atom. The zero-order valence-electron chi connectivity index (χ0n) is 4.89. The van der Waals surface area contributed by atoms with Gasteiger partial charge < -0.3 is 0 Å². The topological polar surface area (TPSA) is 12.9 Å². The first-order valence-electron chi connectivity index (χ1n) is 2.60. The molecule has 1 nitrogen and oxygen atoms in total. The molecule has 0 spiro atoms. The molecule has 0 aliphatic heterocycles. The first kappa shape index (κ1) is 7.47. The van der Waals surface area contributed by atoms with Gasteiger partial charge in [-0.2, -0.15) is 0 Å². The Balaban J connectivity index is 2.89. The molecule has 0 bridgehead atoms. The maximum Gasteiger partial charge on any atom is 0.573 e. The smallest absolute Gasteiger partial charge is 0.281 e. The first-order valence-corrected chi connectivity index (χ1v) is 2.97. The third kappa shape index (κ3) is 1.67. The Morgan fingerprint density at radius 3 is 2.50 bits per heavy atom. The van der Waals surface area contributed by atoms with Crippen molar-refractivity contribution in [3.05, 3.63) is 23.5 Å². The van der Waals surface area contributed by atoms with Crippen LogP contribution in [0.2, 0.25) is 5.15 Å². The molecule has 0 saturated heterocycles. The Hall–Kier alpha value is -0.635. The summed E-state index contributed by atoms with van der Waals surface area (Å²) in [5, 5.41) is 0.226. The van der Waals surface area contributed by atoms with Crippen LogP contribution >= 0.6 is 11.6 Å². The van der Waals surface area contributed by atoms with E-state index in [4.69, 9.17) is 11.6 Å². The third-order valence-electron chi connectivity index (χ3n) is 1.00. The van der Waals surface area contributed by atoms with E-state index < -0.39 is 7.27 Å². The first-order chi connectivity index (χ1) is 4.70. The van der Waals surface area contributed by atoms with E-state index in [1.165, 1.54) is 12.1 Å². The molecule has 0 aliphatic carbocycles. The average molecular weight is 161 g/mol. The van der Waals surface area contributed by atoms with Crippen molar-refractivity contribution < 1.29 is 8.63 Å². The predicted molar refractivity (Wildman–Crippen MR) is 36.9 cm³/mol. The van der Waals surface area contributed by atoms with Crippen molar-refractivity contribution in [2.24, 2.45) is 0 Å². The van der Waals surface area contributed by atoms with Gasteiger partial charge in [-0.05, 0) is 6.07 Å². The van der Waals surface area contributed by atoms with Crippen molar-refractivity contribution >= 4 is 24.3 Å². The lowest BCUT2D eigenvalue weighted by Crippen LogP contribution is -2.20. The highest BCUT2D eigenvalue weighted by atomic mass is 35.5. The van der Waals surface area contributed by atoms with Crippen LogP contribution in [0.4, 0.5) is 8.63 Å². The summed E-state index contributed by atoms with van der Waals surface area (Å²) in [6.45, 7) is 0. The van der Waals surface area contributed by atoms with Crippen LogP contribution in [0.15, 0.2) is 18.3 Å². The van der Waals surface area contributed by atoms with Gasteiger partial charge in [0.15, 0.2) is 0 Å². The van der Waals surface area contributed by atoms with Gasteiger partial charge in [0.2, 0.25) is 0 Å². The summed E-state index contributed by atoms with van der Waals surface area (Å²) in [5.74, 6) is 0. The quantitative estimate of drug-likeness (QED) is 0.448. The number of nitrogens with zero attached hydrogens (tertiary/aromatic N) is 1. The van der Waals surface area contributed by atoms with Gasteiger partial charge in [-0.1, -0.05) is 17.7 Å². The number of rotatable bonds is 1. The molecule has 0 unspecified atom stereocenters. The molecule has 0 aromatic carbocycles. The summed E-state index contributed by atoms with van der Waals surface area (Å²) in [6, 6.07) is 2.59. The maximum atomic E-state index is 11.8. The van der Waals surface area contributed by atoms with E-state index in [0.717, 1.165) is 6.20 Å². The van der Waals surface area contributed by atoms with Crippen LogP contribution in [0.5, 0.6) is 0 Å². The zero-order valence-corrected chi connectivity index (χ0v) is 5.65. The second-order valence-electron chi connectivity index (χ2n) is 1.71. The van der Waals surface area contributed by atoms with Crippen molar-refractivity contribution in [2.45, 2.75) is 0 Å². The summed E-state index contributed by atoms with van der Waals surface area (Å²) in [5.41, 5.74) is -0.107. The zero-order chi connectivity index (χ0) is 7.56. The molecule has 0 aliphatic rings. The molecular weight excluding hydrogens is 158 g/mol. The van der Waals surface area contributed by atoms with Crippen molar-refractivity contribution in [1.29, 1.82) is 0 Å². The molecule has 1 heterocycles.